The van der Waals surface area contributed by atoms with Gasteiger partial charge in [0.1, 0.15) is 18.0 Å². The fraction of sp³-hybridized carbons (Fsp3) is 0.467. The van der Waals surface area contributed by atoms with Gasteiger partial charge in [0.25, 0.3) is 0 Å². The monoisotopic (exact) mass is 368 g/mol. The molecule has 2 rings (SSSR count). The van der Waals surface area contributed by atoms with E-state index in [9.17, 15) is 0 Å². The molecule has 0 radical (unpaired) electrons. The highest BCUT2D eigenvalue weighted by molar-refractivity contribution is 9.11. The van der Waals surface area contributed by atoms with E-state index in [0.717, 1.165) is 41.4 Å². The van der Waals surface area contributed by atoms with Gasteiger partial charge in [-0.3, -0.25) is 0 Å². The molecule has 0 aliphatic carbocycles. The van der Waals surface area contributed by atoms with Gasteiger partial charge in [0, 0.05) is 25.7 Å². The molecular formula is C15H21BrN4S. The number of aromatic nitrogens is 2. The summed E-state index contributed by atoms with van der Waals surface area (Å²) in [6.07, 6.45) is 3.65. The molecule has 1 N–H and O–H groups in total. The van der Waals surface area contributed by atoms with Crippen LogP contribution in [0.25, 0.3) is 0 Å². The normalized spacial score (nSPS) is 10.7. The molecule has 0 saturated carbocycles. The van der Waals surface area contributed by atoms with E-state index < -0.39 is 0 Å². The van der Waals surface area contributed by atoms with E-state index in [1.807, 2.05) is 0 Å². The summed E-state index contributed by atoms with van der Waals surface area (Å²) in [6.45, 7) is 6.08. The van der Waals surface area contributed by atoms with Crippen molar-refractivity contribution < 1.29 is 0 Å². The van der Waals surface area contributed by atoms with Gasteiger partial charge in [0.2, 0.25) is 0 Å². The highest BCUT2D eigenvalue weighted by atomic mass is 79.9. The van der Waals surface area contributed by atoms with E-state index in [-0.39, 0.29) is 0 Å². The number of rotatable bonds is 7. The molecule has 0 unspecified atom stereocenters. The first-order chi connectivity index (χ1) is 10.2. The van der Waals surface area contributed by atoms with E-state index in [2.05, 4.69) is 68.5 Å². The number of hydrogen-bond donors (Lipinski definition) is 1. The molecule has 21 heavy (non-hydrogen) atoms. The lowest BCUT2D eigenvalue weighted by atomic mass is 10.2. The fourth-order valence-corrected chi connectivity index (χ4v) is 3.43. The molecule has 0 spiro atoms. The maximum absolute atomic E-state index is 4.49. The molecule has 6 heteroatoms. The van der Waals surface area contributed by atoms with E-state index in [0.29, 0.717) is 0 Å². The van der Waals surface area contributed by atoms with Crippen LogP contribution in [-0.2, 0) is 13.0 Å². The lowest BCUT2D eigenvalue weighted by molar-refractivity contribution is 0.868. The zero-order valence-electron chi connectivity index (χ0n) is 12.7. The SMILES string of the molecule is CCCNc1ncnc(N(C)Cc2csc(Br)c2)c1CC. The van der Waals surface area contributed by atoms with Crippen LogP contribution >= 0.6 is 27.3 Å². The Morgan fingerprint density at radius 2 is 2.14 bits per heavy atom. The summed E-state index contributed by atoms with van der Waals surface area (Å²) in [4.78, 5) is 11.1. The Bertz CT molecular complexity index is 585. The third kappa shape index (κ3) is 4.17. The van der Waals surface area contributed by atoms with Gasteiger partial charge in [0.05, 0.1) is 3.79 Å². The lowest BCUT2D eigenvalue weighted by Gasteiger charge is -2.22. The van der Waals surface area contributed by atoms with Crippen LogP contribution in [0.4, 0.5) is 11.6 Å². The largest absolute Gasteiger partial charge is 0.370 e. The number of anilines is 2. The summed E-state index contributed by atoms with van der Waals surface area (Å²) in [7, 11) is 2.08. The van der Waals surface area contributed by atoms with Crippen LogP contribution in [0.5, 0.6) is 0 Å². The van der Waals surface area contributed by atoms with Gasteiger partial charge in [-0.15, -0.1) is 11.3 Å². The fourth-order valence-electron chi connectivity index (χ4n) is 2.23. The van der Waals surface area contributed by atoms with Crippen molar-refractivity contribution in [1.29, 1.82) is 0 Å². The molecule has 2 aromatic rings. The predicted molar refractivity (Wildman–Crippen MR) is 94.3 cm³/mol. The van der Waals surface area contributed by atoms with Gasteiger partial charge in [-0.25, -0.2) is 9.97 Å². The van der Waals surface area contributed by atoms with Crippen molar-refractivity contribution in [2.75, 3.05) is 23.8 Å². The summed E-state index contributed by atoms with van der Waals surface area (Å²) in [5, 5.41) is 5.56. The molecule has 0 bridgehead atoms. The van der Waals surface area contributed by atoms with Crippen LogP contribution < -0.4 is 10.2 Å². The van der Waals surface area contributed by atoms with E-state index in [1.54, 1.807) is 17.7 Å². The summed E-state index contributed by atoms with van der Waals surface area (Å²) in [5.41, 5.74) is 2.47. The van der Waals surface area contributed by atoms with Crippen molar-refractivity contribution in [2.24, 2.45) is 0 Å². The Kier molecular flexibility index (Phi) is 5.99. The van der Waals surface area contributed by atoms with Crippen molar-refractivity contribution in [1.82, 2.24) is 9.97 Å². The highest BCUT2D eigenvalue weighted by Gasteiger charge is 2.14. The molecule has 0 aliphatic heterocycles. The summed E-state index contributed by atoms with van der Waals surface area (Å²) >= 11 is 5.22. The van der Waals surface area contributed by atoms with Gasteiger partial charge in [-0.1, -0.05) is 13.8 Å². The summed E-state index contributed by atoms with van der Waals surface area (Å²) in [5.74, 6) is 1.97. The minimum atomic E-state index is 0.847. The average Bonchev–Trinajstić information content (AvgIpc) is 2.89. The van der Waals surface area contributed by atoms with Crippen LogP contribution in [0.1, 0.15) is 31.4 Å². The molecule has 2 aromatic heterocycles. The number of nitrogens with zero attached hydrogens (tertiary/aromatic N) is 3. The standard InChI is InChI=1S/C15H21BrN4S/c1-4-6-17-14-12(5-2)15(19-10-18-14)20(3)8-11-7-13(16)21-9-11/h7,9-10H,4-6,8H2,1-3H3,(H,17,18,19). The van der Waals surface area contributed by atoms with E-state index >= 15 is 0 Å². The second-order valence-corrected chi connectivity index (χ2v) is 7.21. The molecule has 4 nitrogen and oxygen atoms in total. The second kappa shape index (κ2) is 7.75. The van der Waals surface area contributed by atoms with Crippen molar-refractivity contribution in [2.45, 2.75) is 33.2 Å². The first-order valence-corrected chi connectivity index (χ1v) is 8.84. The molecule has 2 heterocycles. The Balaban J connectivity index is 2.21. The van der Waals surface area contributed by atoms with Crippen LogP contribution in [-0.4, -0.2) is 23.6 Å². The zero-order chi connectivity index (χ0) is 15.2. The Morgan fingerprint density at radius 3 is 2.76 bits per heavy atom. The molecule has 0 aromatic carbocycles. The number of nitrogens with one attached hydrogen (secondary N) is 1. The van der Waals surface area contributed by atoms with Crippen molar-refractivity contribution in [3.8, 4) is 0 Å². The number of thiophene rings is 1. The van der Waals surface area contributed by atoms with Gasteiger partial charge >= 0.3 is 0 Å². The Morgan fingerprint density at radius 1 is 1.33 bits per heavy atom. The smallest absolute Gasteiger partial charge is 0.137 e. The topological polar surface area (TPSA) is 41.1 Å². The average molecular weight is 369 g/mol. The number of halogens is 1. The molecule has 114 valence electrons. The number of hydrogen-bond acceptors (Lipinski definition) is 5. The molecule has 0 atom stereocenters. The van der Waals surface area contributed by atoms with E-state index in [1.165, 1.54) is 11.1 Å². The summed E-state index contributed by atoms with van der Waals surface area (Å²) in [6, 6.07) is 2.16. The zero-order valence-corrected chi connectivity index (χ0v) is 15.1. The third-order valence-corrected chi connectivity index (χ3v) is 4.77. The quantitative estimate of drug-likeness (QED) is 0.789. The lowest BCUT2D eigenvalue weighted by Crippen LogP contribution is -2.20. The van der Waals surface area contributed by atoms with Crippen molar-refractivity contribution >= 4 is 38.9 Å². The van der Waals surface area contributed by atoms with Gasteiger partial charge in [0.15, 0.2) is 0 Å². The van der Waals surface area contributed by atoms with Gasteiger partial charge in [-0.05, 0) is 45.8 Å². The minimum absolute atomic E-state index is 0.847. The van der Waals surface area contributed by atoms with Crippen LogP contribution in [0, 0.1) is 0 Å². The highest BCUT2D eigenvalue weighted by Crippen LogP contribution is 2.26. The Hall–Kier alpha value is -1.14. The van der Waals surface area contributed by atoms with Crippen LogP contribution in [0.2, 0.25) is 0 Å². The van der Waals surface area contributed by atoms with Crippen LogP contribution in [0.3, 0.4) is 0 Å². The first kappa shape index (κ1) is 16.2. The Labute approximate surface area is 138 Å². The van der Waals surface area contributed by atoms with E-state index in [4.69, 9.17) is 0 Å². The molecular weight excluding hydrogens is 348 g/mol. The molecule has 0 amide bonds. The molecule has 0 fully saturated rings. The molecule has 0 aliphatic rings. The second-order valence-electron chi connectivity index (χ2n) is 4.92. The first-order valence-electron chi connectivity index (χ1n) is 7.17. The summed E-state index contributed by atoms with van der Waals surface area (Å²) < 4.78 is 1.16. The minimum Gasteiger partial charge on any atom is -0.370 e. The molecule has 0 saturated heterocycles. The third-order valence-electron chi connectivity index (χ3n) is 3.22. The maximum Gasteiger partial charge on any atom is 0.137 e. The van der Waals surface area contributed by atoms with Gasteiger partial charge in [-0.2, -0.15) is 0 Å². The predicted octanol–water partition coefficient (Wildman–Crippen LogP) is 4.32. The maximum atomic E-state index is 4.49. The van der Waals surface area contributed by atoms with Crippen molar-refractivity contribution in [3.63, 3.8) is 0 Å². The van der Waals surface area contributed by atoms with Crippen LogP contribution in [0.15, 0.2) is 21.6 Å². The van der Waals surface area contributed by atoms with Gasteiger partial charge < -0.3 is 10.2 Å². The van der Waals surface area contributed by atoms with Crippen molar-refractivity contribution in [3.05, 3.63) is 32.7 Å².